The van der Waals surface area contributed by atoms with Crippen molar-refractivity contribution < 1.29 is 28.2 Å². The van der Waals surface area contributed by atoms with Crippen molar-refractivity contribution in [3.05, 3.63) is 30.1 Å². The number of amides is 2. The number of hydrogen-bond acceptors (Lipinski definition) is 6. The molecule has 166 valence electrons. The summed E-state index contributed by atoms with van der Waals surface area (Å²) < 4.78 is 29.5. The van der Waals surface area contributed by atoms with Crippen LogP contribution in [0.1, 0.15) is 20.8 Å². The van der Waals surface area contributed by atoms with Gasteiger partial charge in [-0.2, -0.15) is 0 Å². The second-order valence-electron chi connectivity index (χ2n) is 8.43. The fraction of sp³-hybridized carbons (Fsp3) is 0.619. The standard InChI is InChI=1S/C21H30FN3O5/c1-21(2,3)30-20(27)25-12-13-28-14-18(25)15-29-19(26)24-10-8-23(9-11-24)17-6-4-16(22)5-7-17/h4-7,18H,8-15H2,1-3H3. The fourth-order valence-corrected chi connectivity index (χ4v) is 3.41. The molecule has 8 nitrogen and oxygen atoms in total. The van der Waals surface area contributed by atoms with Gasteiger partial charge in [-0.1, -0.05) is 0 Å². The summed E-state index contributed by atoms with van der Waals surface area (Å²) >= 11 is 0. The summed E-state index contributed by atoms with van der Waals surface area (Å²) in [6, 6.07) is 5.95. The van der Waals surface area contributed by atoms with Crippen molar-refractivity contribution in [3.63, 3.8) is 0 Å². The third-order valence-electron chi connectivity index (χ3n) is 4.98. The number of anilines is 1. The number of rotatable bonds is 3. The van der Waals surface area contributed by atoms with Crippen LogP contribution in [-0.2, 0) is 14.2 Å². The Hall–Kier alpha value is -2.55. The first-order chi connectivity index (χ1) is 14.2. The molecule has 2 aliphatic rings. The highest BCUT2D eigenvalue weighted by Crippen LogP contribution is 2.18. The Balaban J connectivity index is 1.47. The van der Waals surface area contributed by atoms with Gasteiger partial charge in [0.1, 0.15) is 18.0 Å². The number of piperazine rings is 1. The molecule has 9 heteroatoms. The molecular formula is C21H30FN3O5. The van der Waals surface area contributed by atoms with E-state index in [4.69, 9.17) is 14.2 Å². The quantitative estimate of drug-likeness (QED) is 0.745. The highest BCUT2D eigenvalue weighted by molar-refractivity contribution is 5.70. The van der Waals surface area contributed by atoms with Gasteiger partial charge in [0.2, 0.25) is 0 Å². The van der Waals surface area contributed by atoms with Crippen molar-refractivity contribution in [2.45, 2.75) is 32.4 Å². The normalized spacial score (nSPS) is 20.1. The minimum Gasteiger partial charge on any atom is -0.447 e. The zero-order chi connectivity index (χ0) is 21.7. The van der Waals surface area contributed by atoms with Crippen LogP contribution in [0.25, 0.3) is 0 Å². The second-order valence-corrected chi connectivity index (χ2v) is 8.43. The van der Waals surface area contributed by atoms with Crippen LogP contribution in [0.15, 0.2) is 24.3 Å². The van der Waals surface area contributed by atoms with E-state index >= 15 is 0 Å². The van der Waals surface area contributed by atoms with Crippen molar-refractivity contribution in [2.75, 3.05) is 57.4 Å². The molecule has 1 aromatic carbocycles. The zero-order valence-electron chi connectivity index (χ0n) is 17.8. The number of hydrogen-bond donors (Lipinski definition) is 0. The molecule has 2 aliphatic heterocycles. The Kier molecular flexibility index (Phi) is 7.02. The maximum Gasteiger partial charge on any atom is 0.410 e. The second kappa shape index (κ2) is 9.51. The summed E-state index contributed by atoms with van der Waals surface area (Å²) in [6.07, 6.45) is -0.844. The van der Waals surface area contributed by atoms with Crippen molar-refractivity contribution in [3.8, 4) is 0 Å². The van der Waals surface area contributed by atoms with E-state index in [-0.39, 0.29) is 18.5 Å². The Morgan fingerprint density at radius 2 is 1.73 bits per heavy atom. The highest BCUT2D eigenvalue weighted by Gasteiger charge is 2.32. The Morgan fingerprint density at radius 3 is 2.37 bits per heavy atom. The van der Waals surface area contributed by atoms with E-state index in [1.54, 1.807) is 21.9 Å². The molecule has 3 rings (SSSR count). The molecule has 0 N–H and O–H groups in total. The first kappa shape index (κ1) is 22.1. The smallest absolute Gasteiger partial charge is 0.410 e. The molecule has 2 saturated heterocycles. The Morgan fingerprint density at radius 1 is 1.07 bits per heavy atom. The highest BCUT2D eigenvalue weighted by atomic mass is 19.1. The van der Waals surface area contributed by atoms with Gasteiger partial charge in [-0.3, -0.25) is 4.90 Å². The van der Waals surface area contributed by atoms with Gasteiger partial charge in [0, 0.05) is 38.4 Å². The molecule has 2 fully saturated rings. The molecule has 1 unspecified atom stereocenters. The minimum absolute atomic E-state index is 0.0518. The van der Waals surface area contributed by atoms with Crippen LogP contribution in [0.3, 0.4) is 0 Å². The third kappa shape index (κ3) is 5.98. The lowest BCUT2D eigenvalue weighted by molar-refractivity contribution is -0.0483. The molecule has 0 bridgehead atoms. The van der Waals surface area contributed by atoms with E-state index < -0.39 is 17.8 Å². The monoisotopic (exact) mass is 423 g/mol. The molecule has 2 amide bonds. The lowest BCUT2D eigenvalue weighted by Crippen LogP contribution is -2.53. The molecule has 30 heavy (non-hydrogen) atoms. The summed E-state index contributed by atoms with van der Waals surface area (Å²) in [5, 5.41) is 0. The predicted molar refractivity (Wildman–Crippen MR) is 109 cm³/mol. The van der Waals surface area contributed by atoms with Crippen LogP contribution in [-0.4, -0.2) is 86.2 Å². The van der Waals surface area contributed by atoms with Crippen LogP contribution in [0.4, 0.5) is 19.7 Å². The summed E-state index contributed by atoms with van der Waals surface area (Å²) in [5.41, 5.74) is 0.331. The first-order valence-electron chi connectivity index (χ1n) is 10.2. The van der Waals surface area contributed by atoms with Crippen molar-refractivity contribution in [2.24, 2.45) is 0 Å². The molecular weight excluding hydrogens is 393 g/mol. The van der Waals surface area contributed by atoms with Crippen LogP contribution in [0, 0.1) is 5.82 Å². The minimum atomic E-state index is -0.596. The van der Waals surface area contributed by atoms with Gasteiger partial charge in [-0.15, -0.1) is 0 Å². The van der Waals surface area contributed by atoms with Crippen LogP contribution >= 0.6 is 0 Å². The molecule has 0 spiro atoms. The number of benzene rings is 1. The van der Waals surface area contributed by atoms with E-state index in [0.29, 0.717) is 45.9 Å². The molecule has 0 saturated carbocycles. The topological polar surface area (TPSA) is 71.5 Å². The maximum atomic E-state index is 13.1. The maximum absolute atomic E-state index is 13.1. The van der Waals surface area contributed by atoms with Gasteiger partial charge >= 0.3 is 12.2 Å². The largest absolute Gasteiger partial charge is 0.447 e. The SMILES string of the molecule is CC(C)(C)OC(=O)N1CCOCC1COC(=O)N1CCN(c2ccc(F)cc2)CC1. The molecule has 0 radical (unpaired) electrons. The van der Waals surface area contributed by atoms with Crippen molar-refractivity contribution >= 4 is 17.9 Å². The fourth-order valence-electron chi connectivity index (χ4n) is 3.41. The number of nitrogens with zero attached hydrogens (tertiary/aromatic N) is 3. The van der Waals surface area contributed by atoms with Gasteiger partial charge in [-0.05, 0) is 45.0 Å². The Labute approximate surface area is 176 Å². The molecule has 1 aromatic rings. The van der Waals surface area contributed by atoms with E-state index in [0.717, 1.165) is 5.69 Å². The van der Waals surface area contributed by atoms with Crippen molar-refractivity contribution in [1.29, 1.82) is 0 Å². The molecule has 2 heterocycles. The van der Waals surface area contributed by atoms with Gasteiger partial charge in [-0.25, -0.2) is 14.0 Å². The van der Waals surface area contributed by atoms with Crippen molar-refractivity contribution in [1.82, 2.24) is 9.80 Å². The predicted octanol–water partition coefficient (Wildman–Crippen LogP) is 2.72. The van der Waals surface area contributed by atoms with Crippen LogP contribution in [0.2, 0.25) is 0 Å². The van der Waals surface area contributed by atoms with Crippen LogP contribution < -0.4 is 4.90 Å². The number of carbonyl (C=O) groups excluding carboxylic acids is 2. The summed E-state index contributed by atoms with van der Waals surface area (Å²) in [7, 11) is 0. The Bertz CT molecular complexity index is 729. The summed E-state index contributed by atoms with van der Waals surface area (Å²) in [6.45, 7) is 8.89. The van der Waals surface area contributed by atoms with E-state index in [2.05, 4.69) is 4.90 Å². The van der Waals surface area contributed by atoms with E-state index in [9.17, 15) is 14.0 Å². The molecule has 0 aromatic heterocycles. The number of halogens is 1. The zero-order valence-corrected chi connectivity index (χ0v) is 17.8. The number of ether oxygens (including phenoxy) is 3. The molecule has 0 aliphatic carbocycles. The van der Waals surface area contributed by atoms with E-state index in [1.165, 1.54) is 12.1 Å². The third-order valence-corrected chi connectivity index (χ3v) is 4.98. The first-order valence-corrected chi connectivity index (χ1v) is 10.2. The lowest BCUT2D eigenvalue weighted by Gasteiger charge is -2.37. The summed E-state index contributed by atoms with van der Waals surface area (Å²) in [4.78, 5) is 30.2. The van der Waals surface area contributed by atoms with Gasteiger partial charge < -0.3 is 24.0 Å². The van der Waals surface area contributed by atoms with Gasteiger partial charge in [0.15, 0.2) is 0 Å². The molecule has 1 atom stereocenters. The summed E-state index contributed by atoms with van der Waals surface area (Å²) in [5.74, 6) is -0.270. The van der Waals surface area contributed by atoms with E-state index in [1.807, 2.05) is 20.8 Å². The number of carbonyl (C=O) groups is 2. The van der Waals surface area contributed by atoms with Gasteiger partial charge in [0.05, 0.1) is 19.3 Å². The van der Waals surface area contributed by atoms with Gasteiger partial charge in [0.25, 0.3) is 0 Å². The van der Waals surface area contributed by atoms with Crippen LogP contribution in [0.5, 0.6) is 0 Å². The lowest BCUT2D eigenvalue weighted by atomic mass is 10.2. The number of morpholine rings is 1. The average molecular weight is 423 g/mol. The average Bonchev–Trinajstić information content (AvgIpc) is 2.71.